The maximum Gasteiger partial charge on any atom is 0.317 e. The summed E-state index contributed by atoms with van der Waals surface area (Å²) in [6.07, 6.45) is 5.68. The predicted molar refractivity (Wildman–Crippen MR) is 137 cm³/mol. The fourth-order valence-corrected chi connectivity index (χ4v) is 3.25. The monoisotopic (exact) mass is 491 g/mol. The molecule has 1 aliphatic rings. The summed E-state index contributed by atoms with van der Waals surface area (Å²) in [4.78, 5) is 25.2. The van der Waals surface area contributed by atoms with Gasteiger partial charge in [0.15, 0.2) is 0 Å². The van der Waals surface area contributed by atoms with Crippen LogP contribution in [0.2, 0.25) is 10.0 Å². The Morgan fingerprint density at radius 3 is 2.09 bits per heavy atom. The van der Waals surface area contributed by atoms with Crippen molar-refractivity contribution in [3.63, 3.8) is 0 Å². The summed E-state index contributed by atoms with van der Waals surface area (Å²) in [7, 11) is 2.13. The van der Waals surface area contributed by atoms with E-state index in [0.717, 1.165) is 44.5 Å². The lowest BCUT2D eigenvalue weighted by atomic mass is 10.0. The Labute approximate surface area is 205 Å². The van der Waals surface area contributed by atoms with Gasteiger partial charge in [0, 0.05) is 19.1 Å². The van der Waals surface area contributed by atoms with Gasteiger partial charge in [0.05, 0.1) is 10.0 Å². The van der Waals surface area contributed by atoms with Crippen molar-refractivity contribution in [1.82, 2.24) is 15.1 Å². The Morgan fingerprint density at radius 2 is 1.66 bits per heavy atom. The number of hydrogen-bond donors (Lipinski definition) is 2. The second-order valence-electron chi connectivity index (χ2n) is 7.24. The van der Waals surface area contributed by atoms with E-state index in [4.69, 9.17) is 33.1 Å². The molecule has 2 rings (SSSR count). The second kappa shape index (κ2) is 21.4. The molecule has 32 heavy (non-hydrogen) atoms. The summed E-state index contributed by atoms with van der Waals surface area (Å²) < 4.78 is 0. The molecule has 8 heteroatoms. The fraction of sp³-hybridized carbons (Fsp3) is 0.667. The zero-order valence-electron chi connectivity index (χ0n) is 20.7. The first kappa shape index (κ1) is 32.7. The molecule has 2 amide bonds. The molecule has 0 atom stereocenters. The van der Waals surface area contributed by atoms with Gasteiger partial charge in [-0.05, 0) is 57.1 Å². The van der Waals surface area contributed by atoms with Crippen molar-refractivity contribution in [2.45, 2.75) is 79.3 Å². The molecule has 1 fully saturated rings. The maximum absolute atomic E-state index is 12.6. The van der Waals surface area contributed by atoms with E-state index in [1.54, 1.807) is 12.1 Å². The zero-order valence-corrected chi connectivity index (χ0v) is 22.2. The van der Waals surface area contributed by atoms with E-state index in [1.165, 1.54) is 12.8 Å². The summed E-state index contributed by atoms with van der Waals surface area (Å²) in [5.74, 6) is 0. The number of halogens is 2. The number of carboxylic acid groups (broad SMARTS) is 1. The molecule has 186 valence electrons. The highest BCUT2D eigenvalue weighted by molar-refractivity contribution is 6.42. The van der Waals surface area contributed by atoms with Crippen LogP contribution in [0.1, 0.15) is 72.3 Å². The summed E-state index contributed by atoms with van der Waals surface area (Å²) >= 11 is 11.9. The van der Waals surface area contributed by atoms with Crippen LogP contribution in [0.25, 0.3) is 0 Å². The molecule has 6 nitrogen and oxygen atoms in total. The average molecular weight is 493 g/mol. The van der Waals surface area contributed by atoms with Gasteiger partial charge < -0.3 is 20.2 Å². The molecule has 0 unspecified atom stereocenters. The van der Waals surface area contributed by atoms with E-state index >= 15 is 0 Å². The third-order valence-corrected chi connectivity index (χ3v) is 5.52. The number of carbonyl (C=O) groups excluding carboxylic acids is 1. The molecular formula is C24H43Cl2N3O3. The van der Waals surface area contributed by atoms with Gasteiger partial charge in [-0.25, -0.2) is 4.79 Å². The number of urea groups is 1. The van der Waals surface area contributed by atoms with Crippen molar-refractivity contribution in [3.8, 4) is 0 Å². The van der Waals surface area contributed by atoms with E-state index in [0.29, 0.717) is 22.6 Å². The van der Waals surface area contributed by atoms with Crippen molar-refractivity contribution in [3.05, 3.63) is 33.8 Å². The van der Waals surface area contributed by atoms with Crippen LogP contribution >= 0.6 is 23.2 Å². The van der Waals surface area contributed by atoms with Gasteiger partial charge >= 0.3 is 6.03 Å². The number of nitrogens with one attached hydrogen (secondary N) is 1. The second-order valence-corrected chi connectivity index (χ2v) is 8.05. The summed E-state index contributed by atoms with van der Waals surface area (Å²) in [6, 6.07) is 5.78. The maximum atomic E-state index is 12.6. The minimum absolute atomic E-state index is 0.00692. The minimum atomic E-state index is -0.250. The smallest absolute Gasteiger partial charge is 0.317 e. The quantitative estimate of drug-likeness (QED) is 0.442. The standard InChI is InChI=1S/C17H25Cl2N3O.C4H10.C2H6.CH2O2/c1-3-8-22(14-6-9-21(2)10-7-14)17(23)20-12-13-4-5-15(18)16(19)11-13;1-3-4-2;1-2;2-1-3/h4-5,11,14H,3,6-10,12H2,1-2H3,(H,20,23);3-4H2,1-2H3;1-2H3;1H,(H,2,3). The fourth-order valence-electron chi connectivity index (χ4n) is 2.93. The zero-order chi connectivity index (χ0) is 24.9. The number of carbonyl (C=O) groups is 2. The molecule has 0 radical (unpaired) electrons. The van der Waals surface area contributed by atoms with Crippen LogP contribution in [0.5, 0.6) is 0 Å². The molecule has 1 aliphatic heterocycles. The number of unbranched alkanes of at least 4 members (excludes halogenated alkanes) is 1. The molecule has 0 aromatic heterocycles. The molecule has 0 saturated carbocycles. The average Bonchev–Trinajstić information content (AvgIpc) is 2.81. The SMILES string of the molecule is CC.CCCC.CCCN(C(=O)NCc1ccc(Cl)c(Cl)c1)C1CCN(C)CC1.O=CO. The third-order valence-electron chi connectivity index (χ3n) is 4.78. The van der Waals surface area contributed by atoms with Gasteiger partial charge in [0.2, 0.25) is 0 Å². The van der Waals surface area contributed by atoms with E-state index in [9.17, 15) is 4.79 Å². The van der Waals surface area contributed by atoms with Gasteiger partial charge in [-0.1, -0.05) is 76.7 Å². The number of piperidine rings is 1. The molecule has 0 aliphatic carbocycles. The Hall–Kier alpha value is -1.50. The minimum Gasteiger partial charge on any atom is -0.483 e. The van der Waals surface area contributed by atoms with Gasteiger partial charge in [-0.15, -0.1) is 0 Å². The molecule has 1 aromatic rings. The number of likely N-dealkylation sites (tertiary alicyclic amines) is 1. The summed E-state index contributed by atoms with van der Waals surface area (Å²) in [5, 5.41) is 10.9. The van der Waals surface area contributed by atoms with Crippen molar-refractivity contribution in [2.24, 2.45) is 0 Å². The van der Waals surface area contributed by atoms with Crippen molar-refractivity contribution in [2.75, 3.05) is 26.7 Å². The lowest BCUT2D eigenvalue weighted by Gasteiger charge is -2.37. The number of hydrogen-bond acceptors (Lipinski definition) is 3. The summed E-state index contributed by atoms with van der Waals surface area (Å²) in [6.45, 7) is 13.6. The van der Waals surface area contributed by atoms with E-state index in [1.807, 2.05) is 24.8 Å². The topological polar surface area (TPSA) is 72.9 Å². The van der Waals surface area contributed by atoms with Gasteiger partial charge in [-0.2, -0.15) is 0 Å². The Morgan fingerprint density at radius 1 is 1.12 bits per heavy atom. The van der Waals surface area contributed by atoms with Crippen LogP contribution in [0.3, 0.4) is 0 Å². The Bertz CT molecular complexity index is 608. The molecular weight excluding hydrogens is 449 g/mol. The van der Waals surface area contributed by atoms with E-state index < -0.39 is 0 Å². The Kier molecular flexibility index (Phi) is 21.8. The largest absolute Gasteiger partial charge is 0.483 e. The highest BCUT2D eigenvalue weighted by Crippen LogP contribution is 2.22. The summed E-state index contributed by atoms with van der Waals surface area (Å²) in [5.41, 5.74) is 0.951. The highest BCUT2D eigenvalue weighted by atomic mass is 35.5. The van der Waals surface area contributed by atoms with E-state index in [2.05, 4.69) is 38.0 Å². The lowest BCUT2D eigenvalue weighted by Crippen LogP contribution is -2.50. The molecule has 1 heterocycles. The molecule has 2 N–H and O–H groups in total. The van der Waals surface area contributed by atoms with E-state index in [-0.39, 0.29) is 12.5 Å². The molecule has 1 aromatic carbocycles. The van der Waals surface area contributed by atoms with Crippen molar-refractivity contribution >= 4 is 35.7 Å². The van der Waals surface area contributed by atoms with Crippen LogP contribution in [0, 0.1) is 0 Å². The predicted octanol–water partition coefficient (Wildman–Crippen LogP) is 6.54. The molecule has 0 bridgehead atoms. The van der Waals surface area contributed by atoms with Crippen molar-refractivity contribution < 1.29 is 14.7 Å². The lowest BCUT2D eigenvalue weighted by molar-refractivity contribution is -0.122. The first-order chi connectivity index (χ1) is 15.3. The third kappa shape index (κ3) is 14.5. The van der Waals surface area contributed by atoms with Gasteiger partial charge in [-0.3, -0.25) is 4.79 Å². The van der Waals surface area contributed by atoms with Crippen molar-refractivity contribution in [1.29, 1.82) is 0 Å². The number of benzene rings is 1. The van der Waals surface area contributed by atoms with Crippen LogP contribution in [-0.2, 0) is 11.3 Å². The number of nitrogens with zero attached hydrogens (tertiary/aromatic N) is 2. The van der Waals surface area contributed by atoms with Crippen LogP contribution in [0.15, 0.2) is 18.2 Å². The van der Waals surface area contributed by atoms with Crippen LogP contribution in [-0.4, -0.2) is 60.1 Å². The molecule has 1 saturated heterocycles. The van der Waals surface area contributed by atoms with Gasteiger partial charge in [0.1, 0.15) is 0 Å². The Balaban J connectivity index is 0. The van der Waals surface area contributed by atoms with Crippen LogP contribution in [0.4, 0.5) is 4.79 Å². The normalized spacial score (nSPS) is 13.2. The van der Waals surface area contributed by atoms with Crippen LogP contribution < -0.4 is 5.32 Å². The first-order valence-electron chi connectivity index (χ1n) is 11.6. The number of rotatable bonds is 6. The van der Waals surface area contributed by atoms with Gasteiger partial charge in [0.25, 0.3) is 6.47 Å². The number of amides is 2. The first-order valence-corrected chi connectivity index (χ1v) is 12.3. The molecule has 0 spiro atoms. The highest BCUT2D eigenvalue weighted by Gasteiger charge is 2.26.